The maximum Gasteiger partial charge on any atom is 0.168 e. The fraction of sp³-hybridized carbons (Fsp3) is 0.500. The Hall–Kier alpha value is -1.43. The lowest BCUT2D eigenvalue weighted by Crippen LogP contribution is -2.45. The number of nitrogen functional groups attached to an aromatic ring is 1. The molecule has 1 aromatic heterocycles. The summed E-state index contributed by atoms with van der Waals surface area (Å²) in [6.45, 7) is 3.21. The van der Waals surface area contributed by atoms with Gasteiger partial charge in [0.2, 0.25) is 0 Å². The standard InChI is InChI=1S/C10H15F2N3O/c1-10(2,5-16)15(3)9-7(12)4-6(11)8(13)14-9/h4,16H,5H2,1-3H3,(H2,13,14). The maximum atomic E-state index is 13.5. The van der Waals surface area contributed by atoms with Gasteiger partial charge in [-0.3, -0.25) is 0 Å². The molecular weight excluding hydrogens is 216 g/mol. The van der Waals surface area contributed by atoms with Crippen molar-refractivity contribution in [2.45, 2.75) is 19.4 Å². The van der Waals surface area contributed by atoms with Crippen molar-refractivity contribution >= 4 is 11.6 Å². The number of likely N-dealkylation sites (N-methyl/N-ethyl adjacent to an activating group) is 1. The second kappa shape index (κ2) is 4.21. The van der Waals surface area contributed by atoms with Crippen LogP contribution in [0.1, 0.15) is 13.8 Å². The number of aromatic nitrogens is 1. The van der Waals surface area contributed by atoms with E-state index in [1.807, 2.05) is 0 Å². The van der Waals surface area contributed by atoms with Crippen LogP contribution in [0.4, 0.5) is 20.4 Å². The highest BCUT2D eigenvalue weighted by Gasteiger charge is 2.26. The van der Waals surface area contributed by atoms with E-state index in [0.717, 1.165) is 0 Å². The Bertz CT molecular complexity index is 396. The predicted molar refractivity (Wildman–Crippen MR) is 58.1 cm³/mol. The molecule has 0 atom stereocenters. The first-order chi connectivity index (χ1) is 7.29. The molecule has 0 radical (unpaired) electrons. The molecular formula is C10H15F2N3O. The van der Waals surface area contributed by atoms with Crippen molar-refractivity contribution in [2.24, 2.45) is 0 Å². The van der Waals surface area contributed by atoms with Crippen molar-refractivity contribution in [1.29, 1.82) is 0 Å². The summed E-state index contributed by atoms with van der Waals surface area (Å²) in [5.41, 5.74) is 4.56. The van der Waals surface area contributed by atoms with Gasteiger partial charge in [0.15, 0.2) is 23.3 Å². The predicted octanol–water partition coefficient (Wildman–Crippen LogP) is 1.15. The van der Waals surface area contributed by atoms with E-state index >= 15 is 0 Å². The topological polar surface area (TPSA) is 62.4 Å². The van der Waals surface area contributed by atoms with Gasteiger partial charge >= 0.3 is 0 Å². The van der Waals surface area contributed by atoms with Gasteiger partial charge in [-0.2, -0.15) is 0 Å². The van der Waals surface area contributed by atoms with Crippen LogP contribution in [0.5, 0.6) is 0 Å². The fourth-order valence-electron chi connectivity index (χ4n) is 1.10. The van der Waals surface area contributed by atoms with Crippen LogP contribution in [0, 0.1) is 11.6 Å². The number of pyridine rings is 1. The molecule has 3 N–H and O–H groups in total. The van der Waals surface area contributed by atoms with Gasteiger partial charge in [0.05, 0.1) is 12.1 Å². The summed E-state index contributed by atoms with van der Waals surface area (Å²) in [5, 5.41) is 9.14. The first kappa shape index (κ1) is 12.6. The number of hydrogen-bond donors (Lipinski definition) is 2. The van der Waals surface area contributed by atoms with Gasteiger partial charge in [-0.1, -0.05) is 0 Å². The summed E-state index contributed by atoms with van der Waals surface area (Å²) in [4.78, 5) is 5.04. The summed E-state index contributed by atoms with van der Waals surface area (Å²) in [6, 6.07) is 0.682. The minimum Gasteiger partial charge on any atom is -0.394 e. The zero-order valence-electron chi connectivity index (χ0n) is 9.46. The molecule has 0 spiro atoms. The number of halogens is 2. The summed E-state index contributed by atoms with van der Waals surface area (Å²) in [5.74, 6) is -2.15. The van der Waals surface area contributed by atoms with Gasteiger partial charge in [0.25, 0.3) is 0 Å². The van der Waals surface area contributed by atoms with E-state index in [0.29, 0.717) is 6.07 Å². The molecule has 0 fully saturated rings. The highest BCUT2D eigenvalue weighted by molar-refractivity contribution is 5.48. The summed E-state index contributed by atoms with van der Waals surface area (Å²) in [7, 11) is 1.55. The Morgan fingerprint density at radius 3 is 2.50 bits per heavy atom. The molecule has 1 aromatic rings. The Labute approximate surface area is 92.7 Å². The molecule has 0 bridgehead atoms. The highest BCUT2D eigenvalue weighted by Crippen LogP contribution is 2.25. The quantitative estimate of drug-likeness (QED) is 0.819. The Morgan fingerprint density at radius 2 is 2.00 bits per heavy atom. The van der Waals surface area contributed by atoms with Crippen LogP contribution in [0.2, 0.25) is 0 Å². The Kier molecular flexibility index (Phi) is 3.32. The molecule has 0 saturated carbocycles. The van der Waals surface area contributed by atoms with Gasteiger partial charge in [0.1, 0.15) is 0 Å². The molecule has 16 heavy (non-hydrogen) atoms. The van der Waals surface area contributed by atoms with E-state index in [9.17, 15) is 8.78 Å². The van der Waals surface area contributed by atoms with Gasteiger partial charge in [0, 0.05) is 13.1 Å². The average Bonchev–Trinajstić information content (AvgIpc) is 2.22. The fourth-order valence-corrected chi connectivity index (χ4v) is 1.10. The molecule has 1 heterocycles. The number of aliphatic hydroxyl groups is 1. The normalized spacial score (nSPS) is 11.6. The van der Waals surface area contributed by atoms with E-state index in [1.54, 1.807) is 20.9 Å². The second-order valence-corrected chi connectivity index (χ2v) is 4.19. The van der Waals surface area contributed by atoms with Gasteiger partial charge < -0.3 is 15.7 Å². The van der Waals surface area contributed by atoms with E-state index < -0.39 is 17.2 Å². The van der Waals surface area contributed by atoms with Crippen LogP contribution < -0.4 is 10.6 Å². The lowest BCUT2D eigenvalue weighted by Gasteiger charge is -2.35. The number of hydrogen-bond acceptors (Lipinski definition) is 4. The molecule has 90 valence electrons. The van der Waals surface area contributed by atoms with E-state index in [1.165, 1.54) is 4.90 Å². The van der Waals surface area contributed by atoms with Crippen LogP contribution in [0.15, 0.2) is 6.07 Å². The van der Waals surface area contributed by atoms with Crippen LogP contribution in [-0.2, 0) is 0 Å². The number of nitrogens with zero attached hydrogens (tertiary/aromatic N) is 2. The first-order valence-electron chi connectivity index (χ1n) is 4.76. The van der Waals surface area contributed by atoms with Crippen LogP contribution in [-0.4, -0.2) is 29.3 Å². The Morgan fingerprint density at radius 1 is 1.44 bits per heavy atom. The second-order valence-electron chi connectivity index (χ2n) is 4.19. The average molecular weight is 231 g/mol. The highest BCUT2D eigenvalue weighted by atomic mass is 19.1. The minimum absolute atomic E-state index is 0.0852. The third-order valence-corrected chi connectivity index (χ3v) is 2.55. The van der Waals surface area contributed by atoms with E-state index in [-0.39, 0.29) is 18.2 Å². The van der Waals surface area contributed by atoms with Crippen molar-refractivity contribution in [3.63, 3.8) is 0 Å². The maximum absolute atomic E-state index is 13.5. The van der Waals surface area contributed by atoms with Crippen molar-refractivity contribution in [3.05, 3.63) is 17.7 Å². The van der Waals surface area contributed by atoms with E-state index in [2.05, 4.69) is 4.98 Å². The molecule has 0 unspecified atom stereocenters. The smallest absolute Gasteiger partial charge is 0.168 e. The molecule has 0 aliphatic heterocycles. The number of rotatable bonds is 3. The lowest BCUT2D eigenvalue weighted by atomic mass is 10.1. The zero-order chi connectivity index (χ0) is 12.5. The lowest BCUT2D eigenvalue weighted by molar-refractivity contribution is 0.215. The number of aliphatic hydroxyl groups excluding tert-OH is 1. The zero-order valence-corrected chi connectivity index (χ0v) is 9.46. The Balaban J connectivity index is 3.19. The van der Waals surface area contributed by atoms with Crippen molar-refractivity contribution in [3.8, 4) is 0 Å². The SMILES string of the molecule is CN(c1nc(N)c(F)cc1F)C(C)(C)CO. The molecule has 0 aliphatic rings. The monoisotopic (exact) mass is 231 g/mol. The summed E-state index contributed by atoms with van der Waals surface area (Å²) < 4.78 is 26.4. The molecule has 6 heteroatoms. The minimum atomic E-state index is -0.892. The van der Waals surface area contributed by atoms with Crippen LogP contribution in [0.25, 0.3) is 0 Å². The van der Waals surface area contributed by atoms with Crippen molar-refractivity contribution in [2.75, 3.05) is 24.3 Å². The number of anilines is 2. The van der Waals surface area contributed by atoms with Gasteiger partial charge in [-0.05, 0) is 13.8 Å². The molecule has 0 aromatic carbocycles. The van der Waals surface area contributed by atoms with E-state index in [4.69, 9.17) is 10.8 Å². The molecule has 0 saturated heterocycles. The third-order valence-electron chi connectivity index (χ3n) is 2.55. The molecule has 0 amide bonds. The third kappa shape index (κ3) is 2.21. The summed E-state index contributed by atoms with van der Waals surface area (Å²) in [6.07, 6.45) is 0. The van der Waals surface area contributed by atoms with Gasteiger partial charge in [-0.15, -0.1) is 0 Å². The molecule has 0 aliphatic carbocycles. The van der Waals surface area contributed by atoms with Gasteiger partial charge in [-0.25, -0.2) is 13.8 Å². The van der Waals surface area contributed by atoms with Crippen LogP contribution >= 0.6 is 0 Å². The number of nitrogens with two attached hydrogens (primary N) is 1. The van der Waals surface area contributed by atoms with Crippen molar-refractivity contribution < 1.29 is 13.9 Å². The largest absolute Gasteiger partial charge is 0.394 e. The first-order valence-corrected chi connectivity index (χ1v) is 4.76. The van der Waals surface area contributed by atoms with Crippen molar-refractivity contribution in [1.82, 2.24) is 4.98 Å². The molecule has 1 rings (SSSR count). The van der Waals surface area contributed by atoms with Crippen LogP contribution in [0.3, 0.4) is 0 Å². The molecule has 4 nitrogen and oxygen atoms in total. The summed E-state index contributed by atoms with van der Waals surface area (Å²) >= 11 is 0.